The van der Waals surface area contributed by atoms with E-state index in [4.69, 9.17) is 4.52 Å². The van der Waals surface area contributed by atoms with Crippen molar-refractivity contribution in [1.82, 2.24) is 25.1 Å². The predicted molar refractivity (Wildman–Crippen MR) is 85.2 cm³/mol. The molecule has 0 amide bonds. The Bertz CT molecular complexity index is 976. The van der Waals surface area contributed by atoms with Crippen molar-refractivity contribution >= 4 is 0 Å². The molecule has 0 saturated carbocycles. The van der Waals surface area contributed by atoms with E-state index in [0.717, 1.165) is 16.8 Å². The predicted octanol–water partition coefficient (Wildman–Crippen LogP) is 3.64. The first-order chi connectivity index (χ1) is 11.7. The van der Waals surface area contributed by atoms with Crippen LogP contribution in [-0.4, -0.2) is 25.1 Å². The molecule has 24 heavy (non-hydrogen) atoms. The molecule has 0 saturated heterocycles. The van der Waals surface area contributed by atoms with Crippen LogP contribution in [0.3, 0.4) is 0 Å². The molecule has 0 spiro atoms. The first kappa shape index (κ1) is 14.3. The number of rotatable bonds is 3. The number of benzene rings is 1. The van der Waals surface area contributed by atoms with Gasteiger partial charge in [0, 0.05) is 18.0 Å². The van der Waals surface area contributed by atoms with Crippen molar-refractivity contribution in [3.63, 3.8) is 0 Å². The molecule has 0 bridgehead atoms. The highest BCUT2D eigenvalue weighted by atomic mass is 19.1. The topological polar surface area (TPSA) is 80.5 Å². The molecule has 118 valence electrons. The number of aromatic amines is 1. The van der Waals surface area contributed by atoms with Crippen LogP contribution in [0.25, 0.3) is 34.2 Å². The highest BCUT2D eigenvalue weighted by molar-refractivity contribution is 5.80. The van der Waals surface area contributed by atoms with Gasteiger partial charge in [0.1, 0.15) is 17.3 Å². The van der Waals surface area contributed by atoms with Gasteiger partial charge in [-0.3, -0.25) is 0 Å². The average Bonchev–Trinajstić information content (AvgIpc) is 3.23. The fourth-order valence-corrected chi connectivity index (χ4v) is 2.48. The van der Waals surface area contributed by atoms with E-state index in [2.05, 4.69) is 25.1 Å². The smallest absolute Gasteiger partial charge is 0.195 e. The highest BCUT2D eigenvalue weighted by Gasteiger charge is 2.19. The van der Waals surface area contributed by atoms with E-state index in [-0.39, 0.29) is 5.82 Å². The van der Waals surface area contributed by atoms with Crippen molar-refractivity contribution in [1.29, 1.82) is 0 Å². The quantitative estimate of drug-likeness (QED) is 0.623. The van der Waals surface area contributed by atoms with Crippen LogP contribution in [0.2, 0.25) is 0 Å². The molecular weight excluding hydrogens is 309 g/mol. The molecule has 0 radical (unpaired) electrons. The van der Waals surface area contributed by atoms with E-state index >= 15 is 0 Å². The van der Waals surface area contributed by atoms with Gasteiger partial charge in [0.05, 0.1) is 17.5 Å². The molecular formula is C17H12FN5O. The molecule has 3 heterocycles. The number of halogens is 1. The number of nitrogens with zero attached hydrogens (tertiary/aromatic N) is 4. The molecule has 6 nitrogen and oxygen atoms in total. The van der Waals surface area contributed by atoms with Gasteiger partial charge in [0.2, 0.25) is 0 Å². The lowest BCUT2D eigenvalue weighted by molar-refractivity contribution is 0.400. The van der Waals surface area contributed by atoms with Crippen LogP contribution >= 0.6 is 0 Å². The Morgan fingerprint density at radius 1 is 1.04 bits per heavy atom. The van der Waals surface area contributed by atoms with Gasteiger partial charge in [-0.2, -0.15) is 0 Å². The Labute approximate surface area is 136 Å². The van der Waals surface area contributed by atoms with Gasteiger partial charge in [-0.15, -0.1) is 0 Å². The maximum absolute atomic E-state index is 13.1. The summed E-state index contributed by atoms with van der Waals surface area (Å²) in [4.78, 5) is 15.8. The first-order valence-corrected chi connectivity index (χ1v) is 7.27. The van der Waals surface area contributed by atoms with Gasteiger partial charge >= 0.3 is 0 Å². The SMILES string of the molecule is Cc1onc(-c2ccc(F)cc2)c1-c1cnc(-c2ncccn2)[nH]1. The molecule has 4 rings (SSSR count). The third-order valence-corrected chi connectivity index (χ3v) is 3.60. The van der Waals surface area contributed by atoms with Crippen molar-refractivity contribution in [2.45, 2.75) is 6.92 Å². The number of nitrogens with one attached hydrogen (secondary N) is 1. The maximum atomic E-state index is 13.1. The zero-order valence-corrected chi connectivity index (χ0v) is 12.7. The summed E-state index contributed by atoms with van der Waals surface area (Å²) in [5.74, 6) is 1.39. The van der Waals surface area contributed by atoms with E-state index in [1.807, 2.05) is 6.92 Å². The maximum Gasteiger partial charge on any atom is 0.195 e. The molecule has 4 aromatic rings. The zero-order valence-electron chi connectivity index (χ0n) is 12.7. The summed E-state index contributed by atoms with van der Waals surface area (Å²) in [6, 6.07) is 7.84. The monoisotopic (exact) mass is 321 g/mol. The fraction of sp³-hybridized carbons (Fsp3) is 0.0588. The highest BCUT2D eigenvalue weighted by Crippen LogP contribution is 2.33. The Balaban J connectivity index is 1.79. The average molecular weight is 321 g/mol. The third kappa shape index (κ3) is 2.45. The Kier molecular flexibility index (Phi) is 3.38. The van der Waals surface area contributed by atoms with Gasteiger partial charge in [-0.25, -0.2) is 19.3 Å². The summed E-state index contributed by atoms with van der Waals surface area (Å²) in [6.45, 7) is 1.81. The second kappa shape index (κ2) is 5.69. The molecule has 1 aromatic carbocycles. The van der Waals surface area contributed by atoms with Gasteiger partial charge < -0.3 is 9.51 Å². The number of H-pyrrole nitrogens is 1. The molecule has 0 fully saturated rings. The largest absolute Gasteiger partial charge is 0.360 e. The normalized spacial score (nSPS) is 10.9. The minimum atomic E-state index is -0.300. The summed E-state index contributed by atoms with van der Waals surface area (Å²) in [6.07, 6.45) is 4.98. The lowest BCUT2D eigenvalue weighted by atomic mass is 10.0. The molecule has 0 unspecified atom stereocenters. The molecule has 0 atom stereocenters. The van der Waals surface area contributed by atoms with Crippen molar-refractivity contribution in [2.75, 3.05) is 0 Å². The van der Waals surface area contributed by atoms with E-state index in [1.165, 1.54) is 12.1 Å². The summed E-state index contributed by atoms with van der Waals surface area (Å²) in [5.41, 5.74) is 2.89. The second-order valence-corrected chi connectivity index (χ2v) is 5.19. The summed E-state index contributed by atoms with van der Waals surface area (Å²) in [7, 11) is 0. The molecule has 7 heteroatoms. The van der Waals surface area contributed by atoms with Crippen LogP contribution in [-0.2, 0) is 0 Å². The lowest BCUT2D eigenvalue weighted by Crippen LogP contribution is -1.89. The van der Waals surface area contributed by atoms with Crippen LogP contribution in [0.15, 0.2) is 53.4 Å². The van der Waals surface area contributed by atoms with E-state index in [9.17, 15) is 4.39 Å². The van der Waals surface area contributed by atoms with E-state index in [0.29, 0.717) is 23.1 Å². The summed E-state index contributed by atoms with van der Waals surface area (Å²) < 4.78 is 18.5. The van der Waals surface area contributed by atoms with Crippen molar-refractivity contribution in [2.24, 2.45) is 0 Å². The zero-order chi connectivity index (χ0) is 16.5. The standard InChI is InChI=1S/C17H12FN5O/c1-10-14(15(23-24-10)11-3-5-12(18)6-4-11)13-9-21-17(22-13)16-19-7-2-8-20-16/h2-9H,1H3,(H,21,22). The number of aryl methyl sites for hydroxylation is 1. The first-order valence-electron chi connectivity index (χ1n) is 7.27. The molecule has 0 aliphatic carbocycles. The minimum absolute atomic E-state index is 0.300. The molecule has 3 aromatic heterocycles. The van der Waals surface area contributed by atoms with Crippen molar-refractivity contribution in [3.05, 3.63) is 60.5 Å². The van der Waals surface area contributed by atoms with Crippen LogP contribution < -0.4 is 0 Å². The van der Waals surface area contributed by atoms with Gasteiger partial charge in [-0.05, 0) is 37.3 Å². The summed E-state index contributed by atoms with van der Waals surface area (Å²) in [5, 5.41) is 4.10. The molecule has 1 N–H and O–H groups in total. The lowest BCUT2D eigenvalue weighted by Gasteiger charge is -2.00. The van der Waals surface area contributed by atoms with Crippen molar-refractivity contribution < 1.29 is 8.91 Å². The van der Waals surface area contributed by atoms with Crippen LogP contribution in [0.1, 0.15) is 5.76 Å². The van der Waals surface area contributed by atoms with Gasteiger partial charge in [0.25, 0.3) is 0 Å². The second-order valence-electron chi connectivity index (χ2n) is 5.19. The van der Waals surface area contributed by atoms with Crippen LogP contribution in [0, 0.1) is 12.7 Å². The van der Waals surface area contributed by atoms with E-state index < -0.39 is 0 Å². The Morgan fingerprint density at radius 2 is 1.79 bits per heavy atom. The van der Waals surface area contributed by atoms with Crippen LogP contribution in [0.5, 0.6) is 0 Å². The van der Waals surface area contributed by atoms with Gasteiger partial charge in [0.15, 0.2) is 11.6 Å². The van der Waals surface area contributed by atoms with Crippen molar-refractivity contribution in [3.8, 4) is 34.2 Å². The Morgan fingerprint density at radius 3 is 2.54 bits per heavy atom. The fourth-order valence-electron chi connectivity index (χ4n) is 2.48. The Hall–Kier alpha value is -3.35. The van der Waals surface area contributed by atoms with Gasteiger partial charge in [-0.1, -0.05) is 5.16 Å². The number of hydrogen-bond acceptors (Lipinski definition) is 5. The number of hydrogen-bond donors (Lipinski definition) is 1. The number of aromatic nitrogens is 5. The third-order valence-electron chi connectivity index (χ3n) is 3.60. The van der Waals surface area contributed by atoms with E-state index in [1.54, 1.807) is 36.8 Å². The summed E-state index contributed by atoms with van der Waals surface area (Å²) >= 11 is 0. The molecule has 0 aliphatic rings. The van der Waals surface area contributed by atoms with Crippen LogP contribution in [0.4, 0.5) is 4.39 Å². The minimum Gasteiger partial charge on any atom is -0.360 e. The molecule has 0 aliphatic heterocycles. The number of imidazole rings is 1.